The maximum Gasteiger partial charge on any atom is 0.325 e. The number of hydrogen-bond donors (Lipinski definition) is 2. The molecule has 0 saturated carbocycles. The predicted octanol–water partition coefficient (Wildman–Crippen LogP) is 4.75. The maximum absolute atomic E-state index is 12.8. The van der Waals surface area contributed by atoms with Crippen molar-refractivity contribution in [3.8, 4) is 10.6 Å². The van der Waals surface area contributed by atoms with Crippen LogP contribution in [0.2, 0.25) is 0 Å². The van der Waals surface area contributed by atoms with Crippen LogP contribution in [-0.2, 0) is 0 Å². The number of carbonyl (C=O) groups is 1. The fourth-order valence-electron chi connectivity index (χ4n) is 1.80. The molecular formula is C15H10BrFN4OS. The van der Waals surface area contributed by atoms with Crippen LogP contribution in [0, 0.1) is 5.82 Å². The minimum atomic E-state index is -0.464. The molecule has 3 aromatic rings. The fraction of sp³-hybridized carbons (Fsp3) is 0. The van der Waals surface area contributed by atoms with E-state index >= 15 is 0 Å². The number of urea groups is 1. The monoisotopic (exact) mass is 392 g/mol. The molecule has 1 aromatic heterocycles. The number of halogens is 2. The predicted molar refractivity (Wildman–Crippen MR) is 92.1 cm³/mol. The van der Waals surface area contributed by atoms with Crippen molar-refractivity contribution in [1.82, 2.24) is 10.2 Å². The smallest absolute Gasteiger partial charge is 0.308 e. The van der Waals surface area contributed by atoms with Crippen LogP contribution in [-0.4, -0.2) is 16.2 Å². The molecular weight excluding hydrogens is 383 g/mol. The first-order chi connectivity index (χ1) is 11.1. The molecule has 2 amide bonds. The second-order valence-electron chi connectivity index (χ2n) is 4.51. The van der Waals surface area contributed by atoms with E-state index < -0.39 is 6.03 Å². The minimum absolute atomic E-state index is 0.362. The Morgan fingerprint density at radius 1 is 1.09 bits per heavy atom. The van der Waals surface area contributed by atoms with Crippen LogP contribution in [0.3, 0.4) is 0 Å². The van der Waals surface area contributed by atoms with Gasteiger partial charge in [-0.3, -0.25) is 5.32 Å². The Morgan fingerprint density at radius 2 is 1.87 bits per heavy atom. The Balaban J connectivity index is 1.66. The van der Waals surface area contributed by atoms with Gasteiger partial charge in [-0.05, 0) is 36.4 Å². The van der Waals surface area contributed by atoms with Crippen LogP contribution in [0.4, 0.5) is 20.0 Å². The molecule has 23 heavy (non-hydrogen) atoms. The zero-order valence-corrected chi connectivity index (χ0v) is 14.0. The van der Waals surface area contributed by atoms with Gasteiger partial charge in [0.05, 0.1) is 0 Å². The first-order valence-electron chi connectivity index (χ1n) is 6.53. The molecule has 2 N–H and O–H groups in total. The Bertz CT molecular complexity index is 838. The lowest BCUT2D eigenvalue weighted by atomic mass is 10.2. The largest absolute Gasteiger partial charge is 0.325 e. The summed E-state index contributed by atoms with van der Waals surface area (Å²) in [5, 5.41) is 14.3. The standard InChI is InChI=1S/C15H10BrFN4OS/c16-10-3-1-2-9(8-10)13-20-21-15(23-13)19-14(22)18-12-6-4-11(17)5-7-12/h1-8H,(H2,18,19,21,22). The zero-order valence-electron chi connectivity index (χ0n) is 11.6. The van der Waals surface area contributed by atoms with E-state index in [4.69, 9.17) is 0 Å². The number of amides is 2. The van der Waals surface area contributed by atoms with Crippen LogP contribution in [0.15, 0.2) is 53.0 Å². The quantitative estimate of drug-likeness (QED) is 0.675. The highest BCUT2D eigenvalue weighted by Gasteiger charge is 2.10. The van der Waals surface area contributed by atoms with Crippen LogP contribution >= 0.6 is 27.3 Å². The van der Waals surface area contributed by atoms with Gasteiger partial charge in [-0.2, -0.15) is 0 Å². The topological polar surface area (TPSA) is 66.9 Å². The van der Waals surface area contributed by atoms with Gasteiger partial charge in [0.1, 0.15) is 10.8 Å². The Kier molecular flexibility index (Phi) is 4.63. The van der Waals surface area contributed by atoms with Crippen molar-refractivity contribution in [3.05, 3.63) is 58.8 Å². The second kappa shape index (κ2) is 6.84. The fourth-order valence-corrected chi connectivity index (χ4v) is 2.94. The summed E-state index contributed by atoms with van der Waals surface area (Å²) in [6, 6.07) is 12.7. The molecule has 0 spiro atoms. The number of nitrogens with one attached hydrogen (secondary N) is 2. The van der Waals surface area contributed by atoms with Crippen LogP contribution in [0.1, 0.15) is 0 Å². The molecule has 116 valence electrons. The van der Waals surface area contributed by atoms with Gasteiger partial charge in [-0.15, -0.1) is 10.2 Å². The van der Waals surface area contributed by atoms with Crippen molar-refractivity contribution < 1.29 is 9.18 Å². The van der Waals surface area contributed by atoms with Crippen molar-refractivity contribution in [3.63, 3.8) is 0 Å². The number of nitrogens with zero attached hydrogens (tertiary/aromatic N) is 2. The lowest BCUT2D eigenvalue weighted by Crippen LogP contribution is -2.19. The molecule has 1 heterocycles. The number of rotatable bonds is 3. The number of carbonyl (C=O) groups excluding carboxylic acids is 1. The molecule has 0 atom stereocenters. The van der Waals surface area contributed by atoms with Gasteiger partial charge in [0.2, 0.25) is 5.13 Å². The van der Waals surface area contributed by atoms with E-state index in [1.807, 2.05) is 24.3 Å². The summed E-state index contributed by atoms with van der Waals surface area (Å²) >= 11 is 4.66. The highest BCUT2D eigenvalue weighted by molar-refractivity contribution is 9.10. The molecule has 0 aliphatic heterocycles. The van der Waals surface area contributed by atoms with E-state index in [0.717, 1.165) is 10.0 Å². The Hall–Kier alpha value is -2.32. The van der Waals surface area contributed by atoms with Gasteiger partial charge >= 0.3 is 6.03 Å². The molecule has 0 radical (unpaired) electrons. The highest BCUT2D eigenvalue weighted by atomic mass is 79.9. The molecule has 5 nitrogen and oxygen atoms in total. The van der Waals surface area contributed by atoms with Gasteiger partial charge in [0, 0.05) is 15.7 Å². The zero-order chi connectivity index (χ0) is 16.2. The van der Waals surface area contributed by atoms with Crippen molar-refractivity contribution in [1.29, 1.82) is 0 Å². The summed E-state index contributed by atoms with van der Waals surface area (Å²) in [6.45, 7) is 0. The average molecular weight is 393 g/mol. The molecule has 0 aliphatic rings. The molecule has 0 aliphatic carbocycles. The molecule has 3 rings (SSSR count). The lowest BCUT2D eigenvalue weighted by Gasteiger charge is -2.04. The van der Waals surface area contributed by atoms with Gasteiger partial charge in [-0.25, -0.2) is 9.18 Å². The van der Waals surface area contributed by atoms with Gasteiger partial charge in [0.25, 0.3) is 0 Å². The SMILES string of the molecule is O=C(Nc1ccc(F)cc1)Nc1nnc(-c2cccc(Br)c2)s1. The van der Waals surface area contributed by atoms with E-state index in [1.54, 1.807) is 0 Å². The number of anilines is 2. The van der Waals surface area contributed by atoms with Crippen molar-refractivity contribution in [2.24, 2.45) is 0 Å². The van der Waals surface area contributed by atoms with Gasteiger partial charge in [0.15, 0.2) is 0 Å². The van der Waals surface area contributed by atoms with E-state index in [9.17, 15) is 9.18 Å². The third kappa shape index (κ3) is 4.11. The number of hydrogen-bond acceptors (Lipinski definition) is 4. The first-order valence-corrected chi connectivity index (χ1v) is 8.14. The molecule has 0 saturated heterocycles. The van der Waals surface area contributed by atoms with Crippen LogP contribution < -0.4 is 10.6 Å². The first kappa shape index (κ1) is 15.6. The van der Waals surface area contributed by atoms with Crippen LogP contribution in [0.5, 0.6) is 0 Å². The summed E-state index contributed by atoms with van der Waals surface area (Å²) < 4.78 is 13.8. The van der Waals surface area contributed by atoms with Crippen molar-refractivity contribution in [2.75, 3.05) is 10.6 Å². The van der Waals surface area contributed by atoms with E-state index in [2.05, 4.69) is 36.8 Å². The summed E-state index contributed by atoms with van der Waals surface area (Å²) in [4.78, 5) is 11.9. The maximum atomic E-state index is 12.8. The van der Waals surface area contributed by atoms with Gasteiger partial charge in [-0.1, -0.05) is 39.4 Å². The molecule has 0 bridgehead atoms. The summed E-state index contributed by atoms with van der Waals surface area (Å²) in [5.74, 6) is -0.362. The third-order valence-corrected chi connectivity index (χ3v) is 4.20. The number of aromatic nitrogens is 2. The van der Waals surface area contributed by atoms with Gasteiger partial charge < -0.3 is 5.32 Å². The van der Waals surface area contributed by atoms with E-state index in [0.29, 0.717) is 15.8 Å². The summed E-state index contributed by atoms with van der Waals surface area (Å²) in [5.41, 5.74) is 1.39. The van der Waals surface area contributed by atoms with Crippen LogP contribution in [0.25, 0.3) is 10.6 Å². The Labute approximate surface area is 143 Å². The second-order valence-corrected chi connectivity index (χ2v) is 6.40. The number of benzene rings is 2. The molecule has 0 fully saturated rings. The van der Waals surface area contributed by atoms with Crippen molar-refractivity contribution >= 4 is 44.1 Å². The van der Waals surface area contributed by atoms with E-state index in [1.165, 1.54) is 35.6 Å². The average Bonchev–Trinajstić information content (AvgIpc) is 2.98. The van der Waals surface area contributed by atoms with E-state index in [-0.39, 0.29) is 5.82 Å². The molecule has 8 heteroatoms. The lowest BCUT2D eigenvalue weighted by molar-refractivity contribution is 0.262. The highest BCUT2D eigenvalue weighted by Crippen LogP contribution is 2.28. The van der Waals surface area contributed by atoms with Crippen molar-refractivity contribution in [2.45, 2.75) is 0 Å². The summed E-state index contributed by atoms with van der Waals surface area (Å²) in [7, 11) is 0. The normalized spacial score (nSPS) is 10.3. The molecule has 2 aromatic carbocycles. The summed E-state index contributed by atoms with van der Waals surface area (Å²) in [6.07, 6.45) is 0. The molecule has 0 unspecified atom stereocenters. The third-order valence-electron chi connectivity index (χ3n) is 2.82. The minimum Gasteiger partial charge on any atom is -0.308 e. The Morgan fingerprint density at radius 3 is 2.61 bits per heavy atom.